The molecule has 2 aliphatic carbocycles. The molecule has 23 heavy (non-hydrogen) atoms. The number of carbonyl (C=O) groups is 1. The van der Waals surface area contributed by atoms with Gasteiger partial charge >= 0.3 is 0 Å². The number of rotatable bonds is 4. The predicted octanol–water partition coefficient (Wildman–Crippen LogP) is 3.27. The normalized spacial score (nSPS) is 23.7. The number of amides is 1. The summed E-state index contributed by atoms with van der Waals surface area (Å²) in [5, 5.41) is 9.99. The molecule has 0 radical (unpaired) electrons. The molecule has 126 valence electrons. The Balaban J connectivity index is 2.25. The van der Waals surface area contributed by atoms with Crippen molar-refractivity contribution in [2.45, 2.75) is 46.5 Å². The molecular weight excluding hydrogens is 300 g/mol. The van der Waals surface area contributed by atoms with Gasteiger partial charge in [-0.05, 0) is 36.2 Å². The van der Waals surface area contributed by atoms with E-state index >= 15 is 0 Å². The summed E-state index contributed by atoms with van der Waals surface area (Å²) < 4.78 is 25.3. The van der Waals surface area contributed by atoms with Gasteiger partial charge in [-0.2, -0.15) is 0 Å². The molecule has 0 fully saturated rings. The molecule has 2 aliphatic rings. The number of hydrogen-bond acceptors (Lipinski definition) is 3. The van der Waals surface area contributed by atoms with E-state index < -0.39 is 23.6 Å². The van der Waals surface area contributed by atoms with Crippen molar-refractivity contribution in [2.24, 2.45) is 17.1 Å². The van der Waals surface area contributed by atoms with E-state index in [0.29, 0.717) is 11.6 Å². The Kier molecular flexibility index (Phi) is 4.73. The number of carbonyl (C=O) groups excluding carboxylic acids is 1. The maximum atomic E-state index is 12.7. The summed E-state index contributed by atoms with van der Waals surface area (Å²) in [5.41, 5.74) is 6.91. The fourth-order valence-electron chi connectivity index (χ4n) is 3.74. The molecule has 4 nitrogen and oxygen atoms in total. The third kappa shape index (κ3) is 3.21. The first-order valence-corrected chi connectivity index (χ1v) is 7.73. The molecule has 0 spiro atoms. The molecule has 1 atom stereocenters. The van der Waals surface area contributed by atoms with Crippen LogP contribution in [0.4, 0.5) is 8.78 Å². The first kappa shape index (κ1) is 17.4. The number of nitrogens with two attached hydrogens (primary N) is 1. The lowest BCUT2D eigenvalue weighted by Gasteiger charge is -2.26. The van der Waals surface area contributed by atoms with Gasteiger partial charge in [0.15, 0.2) is 0 Å². The minimum Gasteiger partial charge on any atom is -0.404 e. The lowest BCUT2D eigenvalue weighted by Crippen LogP contribution is -2.32. The second-order valence-corrected chi connectivity index (χ2v) is 6.79. The highest BCUT2D eigenvalue weighted by molar-refractivity contribution is 6.21. The second kappa shape index (κ2) is 6.26. The average Bonchev–Trinajstić information content (AvgIpc) is 2.70. The lowest BCUT2D eigenvalue weighted by atomic mass is 9.81. The highest BCUT2D eigenvalue weighted by Crippen LogP contribution is 2.51. The van der Waals surface area contributed by atoms with Gasteiger partial charge in [-0.25, -0.2) is 8.78 Å². The van der Waals surface area contributed by atoms with E-state index in [9.17, 15) is 13.6 Å². The van der Waals surface area contributed by atoms with Crippen LogP contribution < -0.4 is 11.1 Å². The van der Waals surface area contributed by atoms with E-state index in [0.717, 1.165) is 31.0 Å². The van der Waals surface area contributed by atoms with Gasteiger partial charge < -0.3 is 11.1 Å². The van der Waals surface area contributed by atoms with Gasteiger partial charge in [-0.1, -0.05) is 32.4 Å². The van der Waals surface area contributed by atoms with Crippen molar-refractivity contribution in [2.75, 3.05) is 0 Å². The topological polar surface area (TPSA) is 79.0 Å². The van der Waals surface area contributed by atoms with Crippen molar-refractivity contribution in [1.82, 2.24) is 5.32 Å². The Labute approximate surface area is 135 Å². The van der Waals surface area contributed by atoms with Gasteiger partial charge in [0.25, 0.3) is 12.3 Å². The monoisotopic (exact) mass is 323 g/mol. The summed E-state index contributed by atoms with van der Waals surface area (Å²) in [6.07, 6.45) is 2.42. The summed E-state index contributed by atoms with van der Waals surface area (Å²) in [5.74, 6) is -0.457. The average molecular weight is 323 g/mol. The number of nitrogens with one attached hydrogen (secondary N) is 2. The number of halogens is 2. The molecule has 4 N–H and O–H groups in total. The molecule has 0 bridgehead atoms. The Morgan fingerprint density at radius 2 is 2.17 bits per heavy atom. The summed E-state index contributed by atoms with van der Waals surface area (Å²) in [4.78, 5) is 12.2. The Morgan fingerprint density at radius 3 is 2.74 bits per heavy atom. The van der Waals surface area contributed by atoms with Crippen molar-refractivity contribution in [3.8, 4) is 0 Å². The minimum absolute atomic E-state index is 0.0845. The van der Waals surface area contributed by atoms with Gasteiger partial charge in [-0.15, -0.1) is 0 Å². The predicted molar refractivity (Wildman–Crippen MR) is 86.0 cm³/mol. The molecule has 0 heterocycles. The molecule has 0 aromatic carbocycles. The molecular formula is C17H23F2N3O. The molecule has 0 saturated heterocycles. The standard InChI is InChI=1S/C17H23F2N3O/c1-9-7-17(2,3)11-5-4-6-12(13(9)11)22-16(23)10(8-20)14(21)15(18)19/h6,8-9,15,21H,4-5,7,20H2,1-3H3,(H,22,23)/b10-8+,21-14?. The van der Waals surface area contributed by atoms with E-state index in [4.69, 9.17) is 11.1 Å². The zero-order valence-electron chi connectivity index (χ0n) is 13.7. The highest BCUT2D eigenvalue weighted by atomic mass is 19.3. The third-order valence-corrected chi connectivity index (χ3v) is 4.65. The molecule has 0 aromatic rings. The zero-order chi connectivity index (χ0) is 17.4. The molecule has 2 rings (SSSR count). The van der Waals surface area contributed by atoms with Gasteiger partial charge in [0.1, 0.15) is 5.71 Å². The quantitative estimate of drug-likeness (QED) is 0.548. The number of hydrogen-bond donors (Lipinski definition) is 3. The Hall–Kier alpha value is -1.98. The van der Waals surface area contributed by atoms with Gasteiger partial charge in [0.05, 0.1) is 5.57 Å². The summed E-state index contributed by atoms with van der Waals surface area (Å²) in [7, 11) is 0. The summed E-state index contributed by atoms with van der Waals surface area (Å²) >= 11 is 0. The van der Waals surface area contributed by atoms with Crippen molar-refractivity contribution in [3.63, 3.8) is 0 Å². The number of alkyl halides is 2. The van der Waals surface area contributed by atoms with Crippen LogP contribution in [0.5, 0.6) is 0 Å². The van der Waals surface area contributed by atoms with Crippen LogP contribution in [0.25, 0.3) is 0 Å². The van der Waals surface area contributed by atoms with E-state index in [1.165, 1.54) is 5.57 Å². The minimum atomic E-state index is -3.03. The van der Waals surface area contributed by atoms with Crippen LogP contribution in [0.1, 0.15) is 40.0 Å². The molecule has 1 amide bonds. The van der Waals surface area contributed by atoms with Crippen LogP contribution in [-0.2, 0) is 4.79 Å². The van der Waals surface area contributed by atoms with Crippen molar-refractivity contribution in [1.29, 1.82) is 5.41 Å². The second-order valence-electron chi connectivity index (χ2n) is 6.79. The molecule has 0 aliphatic heterocycles. The van der Waals surface area contributed by atoms with Gasteiger partial charge in [0, 0.05) is 11.9 Å². The highest BCUT2D eigenvalue weighted by Gasteiger charge is 2.39. The van der Waals surface area contributed by atoms with Crippen molar-refractivity contribution in [3.05, 3.63) is 34.7 Å². The van der Waals surface area contributed by atoms with E-state index in [1.807, 2.05) is 6.08 Å². The summed E-state index contributed by atoms with van der Waals surface area (Å²) in [6.45, 7) is 6.48. The van der Waals surface area contributed by atoms with Crippen LogP contribution in [-0.4, -0.2) is 18.0 Å². The molecule has 0 aromatic heterocycles. The van der Waals surface area contributed by atoms with Crippen molar-refractivity contribution < 1.29 is 13.6 Å². The van der Waals surface area contributed by atoms with E-state index in [1.54, 1.807) is 0 Å². The van der Waals surface area contributed by atoms with Crippen LogP contribution in [0.3, 0.4) is 0 Å². The Morgan fingerprint density at radius 1 is 1.52 bits per heavy atom. The van der Waals surface area contributed by atoms with Gasteiger partial charge in [0.2, 0.25) is 0 Å². The zero-order valence-corrected chi connectivity index (χ0v) is 13.7. The fourth-order valence-corrected chi connectivity index (χ4v) is 3.74. The fraction of sp³-hybridized carbons (Fsp3) is 0.529. The first-order chi connectivity index (χ1) is 10.7. The first-order valence-electron chi connectivity index (χ1n) is 7.73. The maximum absolute atomic E-state index is 12.7. The third-order valence-electron chi connectivity index (χ3n) is 4.65. The van der Waals surface area contributed by atoms with Crippen molar-refractivity contribution >= 4 is 11.6 Å². The van der Waals surface area contributed by atoms with Crippen LogP contribution in [0.2, 0.25) is 0 Å². The molecule has 0 saturated carbocycles. The van der Waals surface area contributed by atoms with Crippen LogP contribution >= 0.6 is 0 Å². The molecule has 1 unspecified atom stereocenters. The van der Waals surface area contributed by atoms with Crippen LogP contribution in [0.15, 0.2) is 34.7 Å². The maximum Gasteiger partial charge on any atom is 0.280 e. The smallest absolute Gasteiger partial charge is 0.280 e. The summed E-state index contributed by atoms with van der Waals surface area (Å²) in [6, 6.07) is 0. The lowest BCUT2D eigenvalue weighted by molar-refractivity contribution is -0.116. The SMILES string of the molecule is CC1CC(C)(C)C2=C1C(NC(=O)/C(=C/N)C(=N)C(F)F)=CCC2. The largest absolute Gasteiger partial charge is 0.404 e. The van der Waals surface area contributed by atoms with E-state index in [-0.39, 0.29) is 5.41 Å². The number of allylic oxidation sites excluding steroid dienone is 3. The van der Waals surface area contributed by atoms with Gasteiger partial charge in [-0.3, -0.25) is 10.2 Å². The van der Waals surface area contributed by atoms with E-state index in [2.05, 4.69) is 26.1 Å². The Bertz CT molecular complexity index is 630. The van der Waals surface area contributed by atoms with Crippen LogP contribution in [0, 0.1) is 16.7 Å². The molecule has 6 heteroatoms.